The van der Waals surface area contributed by atoms with Gasteiger partial charge < -0.3 is 4.74 Å². The summed E-state index contributed by atoms with van der Waals surface area (Å²) in [4.78, 5) is 11.3. The molecule has 0 N–H and O–H groups in total. The molecule has 0 heterocycles. The van der Waals surface area contributed by atoms with Crippen LogP contribution in [0.1, 0.15) is 68.6 Å². The van der Waals surface area contributed by atoms with Crippen LogP contribution in [0.15, 0.2) is 36.4 Å². The molecule has 0 spiro atoms. The summed E-state index contributed by atoms with van der Waals surface area (Å²) in [5.74, 6) is 0.737. The zero-order valence-corrected chi connectivity index (χ0v) is 14.2. The predicted octanol–water partition coefficient (Wildman–Crippen LogP) is 6.17. The van der Waals surface area contributed by atoms with Gasteiger partial charge in [-0.25, -0.2) is 0 Å². The van der Waals surface area contributed by atoms with E-state index in [9.17, 15) is 4.79 Å². The van der Waals surface area contributed by atoms with Crippen LogP contribution in [0.5, 0.6) is 5.75 Å². The van der Waals surface area contributed by atoms with E-state index < -0.39 is 0 Å². The molecule has 0 saturated heterocycles. The van der Waals surface area contributed by atoms with Crippen molar-refractivity contribution in [3.05, 3.63) is 42.0 Å². The lowest BCUT2D eigenvalue weighted by Gasteiger charge is -2.11. The summed E-state index contributed by atoms with van der Waals surface area (Å²) >= 11 is 0. The minimum atomic E-state index is 0.642. The molecule has 124 valence electrons. The number of rotatable bonds is 11. The smallest absolute Gasteiger partial charge is 0.153 e. The predicted molar refractivity (Wildman–Crippen MR) is 97.4 cm³/mol. The molecular formula is C21H28O2. The third kappa shape index (κ3) is 5.38. The van der Waals surface area contributed by atoms with E-state index in [1.54, 1.807) is 0 Å². The minimum Gasteiger partial charge on any atom is -0.492 e. The minimum absolute atomic E-state index is 0.642. The molecule has 0 fully saturated rings. The molecule has 0 aromatic heterocycles. The van der Waals surface area contributed by atoms with Crippen molar-refractivity contribution >= 4 is 17.1 Å². The van der Waals surface area contributed by atoms with Crippen molar-refractivity contribution in [3.8, 4) is 5.75 Å². The van der Waals surface area contributed by atoms with Gasteiger partial charge in [-0.1, -0.05) is 82.2 Å². The molecule has 2 heteroatoms. The third-order valence-corrected chi connectivity index (χ3v) is 4.28. The fourth-order valence-corrected chi connectivity index (χ4v) is 2.92. The van der Waals surface area contributed by atoms with Crippen molar-refractivity contribution < 1.29 is 9.53 Å². The normalized spacial score (nSPS) is 10.8. The Labute approximate surface area is 139 Å². The number of carbonyl (C=O) groups excluding carboxylic acids is 1. The van der Waals surface area contributed by atoms with Crippen molar-refractivity contribution in [2.24, 2.45) is 0 Å². The molecule has 0 aliphatic carbocycles. The van der Waals surface area contributed by atoms with E-state index in [-0.39, 0.29) is 0 Å². The Bertz CT molecular complexity index is 604. The van der Waals surface area contributed by atoms with E-state index >= 15 is 0 Å². The van der Waals surface area contributed by atoms with Gasteiger partial charge in [-0.15, -0.1) is 0 Å². The van der Waals surface area contributed by atoms with Gasteiger partial charge in [-0.2, -0.15) is 0 Å². The monoisotopic (exact) mass is 312 g/mol. The standard InChI is InChI=1S/C21H28O2/c1-2-3-4-5-6-7-8-11-16-23-21-19(17-22)15-14-18-12-9-10-13-20(18)21/h9-10,12-15,17H,2-8,11,16H2,1H3. The van der Waals surface area contributed by atoms with Crippen molar-refractivity contribution in [1.29, 1.82) is 0 Å². The van der Waals surface area contributed by atoms with Crippen LogP contribution in [0.4, 0.5) is 0 Å². The molecule has 0 amide bonds. The Morgan fingerprint density at radius 2 is 1.57 bits per heavy atom. The topological polar surface area (TPSA) is 26.3 Å². The zero-order chi connectivity index (χ0) is 16.3. The maximum Gasteiger partial charge on any atom is 0.153 e. The summed E-state index contributed by atoms with van der Waals surface area (Å²) in [6.45, 7) is 2.93. The highest BCUT2D eigenvalue weighted by atomic mass is 16.5. The zero-order valence-electron chi connectivity index (χ0n) is 14.2. The SMILES string of the molecule is CCCCCCCCCCOc1c(C=O)ccc2ccccc12. The van der Waals surface area contributed by atoms with Crippen molar-refractivity contribution in [2.45, 2.75) is 58.3 Å². The number of fused-ring (bicyclic) bond motifs is 1. The highest BCUT2D eigenvalue weighted by Crippen LogP contribution is 2.29. The first-order valence-corrected chi connectivity index (χ1v) is 8.96. The number of hydrogen-bond donors (Lipinski definition) is 0. The van der Waals surface area contributed by atoms with Crippen LogP contribution < -0.4 is 4.74 Å². The molecule has 0 bridgehead atoms. The molecule has 2 aromatic rings. The Morgan fingerprint density at radius 1 is 0.870 bits per heavy atom. The molecule has 0 atom stereocenters. The maximum absolute atomic E-state index is 11.3. The molecule has 0 saturated carbocycles. The lowest BCUT2D eigenvalue weighted by Crippen LogP contribution is -2.01. The van der Waals surface area contributed by atoms with Gasteiger partial charge in [-0.05, 0) is 17.9 Å². The molecule has 2 rings (SSSR count). The third-order valence-electron chi connectivity index (χ3n) is 4.28. The van der Waals surface area contributed by atoms with Gasteiger partial charge in [0.15, 0.2) is 6.29 Å². The summed E-state index contributed by atoms with van der Waals surface area (Å²) in [7, 11) is 0. The average molecular weight is 312 g/mol. The first-order valence-electron chi connectivity index (χ1n) is 8.96. The fraction of sp³-hybridized carbons (Fsp3) is 0.476. The molecular weight excluding hydrogens is 284 g/mol. The highest BCUT2D eigenvalue weighted by Gasteiger charge is 2.08. The van der Waals surface area contributed by atoms with E-state index in [2.05, 4.69) is 6.92 Å². The first-order chi connectivity index (χ1) is 11.4. The van der Waals surface area contributed by atoms with E-state index in [1.807, 2.05) is 36.4 Å². The number of benzene rings is 2. The highest BCUT2D eigenvalue weighted by molar-refractivity contribution is 5.96. The lowest BCUT2D eigenvalue weighted by atomic mass is 10.1. The van der Waals surface area contributed by atoms with E-state index in [0.717, 1.165) is 29.2 Å². The Balaban J connectivity index is 1.79. The summed E-state index contributed by atoms with van der Waals surface area (Å²) in [5.41, 5.74) is 0.642. The molecule has 2 aromatic carbocycles. The Hall–Kier alpha value is -1.83. The molecule has 23 heavy (non-hydrogen) atoms. The number of unbranched alkanes of at least 4 members (excludes halogenated alkanes) is 7. The molecule has 0 radical (unpaired) electrons. The first kappa shape index (κ1) is 17.5. The van der Waals surface area contributed by atoms with Crippen molar-refractivity contribution in [1.82, 2.24) is 0 Å². The second-order valence-corrected chi connectivity index (χ2v) is 6.15. The lowest BCUT2D eigenvalue weighted by molar-refractivity contribution is 0.111. The van der Waals surface area contributed by atoms with Gasteiger partial charge in [0.25, 0.3) is 0 Å². The summed E-state index contributed by atoms with van der Waals surface area (Å²) in [6, 6.07) is 11.9. The molecule has 2 nitrogen and oxygen atoms in total. The molecule has 0 aliphatic heterocycles. The van der Waals surface area contributed by atoms with Gasteiger partial charge in [0.1, 0.15) is 5.75 Å². The van der Waals surface area contributed by atoms with Crippen LogP contribution in [-0.2, 0) is 0 Å². The van der Waals surface area contributed by atoms with Crippen LogP contribution >= 0.6 is 0 Å². The van der Waals surface area contributed by atoms with Crippen LogP contribution in [-0.4, -0.2) is 12.9 Å². The maximum atomic E-state index is 11.3. The van der Waals surface area contributed by atoms with Crippen LogP contribution in [0, 0.1) is 0 Å². The Morgan fingerprint density at radius 3 is 2.30 bits per heavy atom. The van der Waals surface area contributed by atoms with Crippen LogP contribution in [0.3, 0.4) is 0 Å². The number of carbonyl (C=O) groups is 1. The summed E-state index contributed by atoms with van der Waals surface area (Å²) in [6.07, 6.45) is 11.1. The fourth-order valence-electron chi connectivity index (χ4n) is 2.92. The van der Waals surface area contributed by atoms with Gasteiger partial charge in [0.05, 0.1) is 12.2 Å². The number of ether oxygens (including phenoxy) is 1. The second-order valence-electron chi connectivity index (χ2n) is 6.15. The largest absolute Gasteiger partial charge is 0.492 e. The van der Waals surface area contributed by atoms with Crippen LogP contribution in [0.25, 0.3) is 10.8 Å². The number of hydrogen-bond acceptors (Lipinski definition) is 2. The average Bonchev–Trinajstić information content (AvgIpc) is 2.60. The van der Waals surface area contributed by atoms with Gasteiger partial charge in [0.2, 0.25) is 0 Å². The van der Waals surface area contributed by atoms with Gasteiger partial charge in [-0.3, -0.25) is 4.79 Å². The van der Waals surface area contributed by atoms with Gasteiger partial charge >= 0.3 is 0 Å². The summed E-state index contributed by atoms with van der Waals surface area (Å²) in [5, 5.41) is 2.14. The van der Waals surface area contributed by atoms with Crippen LogP contribution in [0.2, 0.25) is 0 Å². The van der Waals surface area contributed by atoms with Crippen molar-refractivity contribution in [3.63, 3.8) is 0 Å². The second kappa shape index (κ2) is 10.0. The summed E-state index contributed by atoms with van der Waals surface area (Å²) < 4.78 is 5.96. The van der Waals surface area contributed by atoms with Crippen molar-refractivity contribution in [2.75, 3.05) is 6.61 Å². The van der Waals surface area contributed by atoms with Gasteiger partial charge in [0, 0.05) is 5.39 Å². The number of aldehydes is 1. The van der Waals surface area contributed by atoms with E-state index in [0.29, 0.717) is 12.2 Å². The molecule has 0 unspecified atom stereocenters. The van der Waals surface area contributed by atoms with E-state index in [1.165, 1.54) is 44.9 Å². The Kier molecular flexibility index (Phi) is 7.65. The molecule has 0 aliphatic rings. The quantitative estimate of drug-likeness (QED) is 0.366. The van der Waals surface area contributed by atoms with E-state index in [4.69, 9.17) is 4.74 Å².